The highest BCUT2D eigenvalue weighted by Gasteiger charge is 2.29. The zero-order valence-electron chi connectivity index (χ0n) is 14.4. The van der Waals surface area contributed by atoms with E-state index < -0.39 is 9.84 Å². The van der Waals surface area contributed by atoms with Gasteiger partial charge >= 0.3 is 0 Å². The largest absolute Gasteiger partial charge is 0.352 e. The molecule has 8 heteroatoms. The minimum absolute atomic E-state index is 0.0132. The van der Waals surface area contributed by atoms with Crippen molar-refractivity contribution in [2.45, 2.75) is 56.2 Å². The summed E-state index contributed by atoms with van der Waals surface area (Å²) in [6.45, 7) is 1.53. The summed E-state index contributed by atoms with van der Waals surface area (Å²) in [5.41, 5.74) is 0. The average Bonchev–Trinajstić information content (AvgIpc) is 3.17. The monoisotopic (exact) mass is 366 g/mol. The van der Waals surface area contributed by atoms with Crippen LogP contribution in [-0.2, 0) is 14.6 Å². The molecule has 1 N–H and O–H groups in total. The molecule has 2 heterocycles. The van der Waals surface area contributed by atoms with Crippen LogP contribution in [0.4, 0.5) is 5.95 Å². The number of nitrogens with zero attached hydrogens (tertiary/aromatic N) is 3. The van der Waals surface area contributed by atoms with Crippen LogP contribution in [0.1, 0.15) is 44.9 Å². The molecule has 1 aliphatic carbocycles. The summed E-state index contributed by atoms with van der Waals surface area (Å²) in [4.78, 5) is 22.8. The van der Waals surface area contributed by atoms with Crippen molar-refractivity contribution >= 4 is 21.7 Å². The van der Waals surface area contributed by atoms with E-state index in [1.54, 1.807) is 18.5 Å². The zero-order chi connectivity index (χ0) is 17.7. The Hall–Kier alpha value is -1.70. The van der Waals surface area contributed by atoms with Gasteiger partial charge in [-0.15, -0.1) is 0 Å². The van der Waals surface area contributed by atoms with E-state index in [-0.39, 0.29) is 29.4 Å². The average molecular weight is 366 g/mol. The lowest BCUT2D eigenvalue weighted by Crippen LogP contribution is -2.48. The topological polar surface area (TPSA) is 92.3 Å². The zero-order valence-corrected chi connectivity index (χ0v) is 15.2. The molecule has 2 fully saturated rings. The van der Waals surface area contributed by atoms with Gasteiger partial charge in [-0.05, 0) is 31.7 Å². The third kappa shape index (κ3) is 4.90. The number of nitrogens with one attached hydrogen (secondary N) is 1. The van der Waals surface area contributed by atoms with Gasteiger partial charge < -0.3 is 10.2 Å². The number of piperidine rings is 1. The Morgan fingerprint density at radius 1 is 1.16 bits per heavy atom. The number of carbonyl (C=O) groups is 1. The van der Waals surface area contributed by atoms with E-state index in [2.05, 4.69) is 20.2 Å². The molecule has 25 heavy (non-hydrogen) atoms. The molecule has 0 radical (unpaired) electrons. The smallest absolute Gasteiger partial charge is 0.225 e. The first-order valence-electron chi connectivity index (χ1n) is 9.07. The second kappa shape index (κ2) is 8.12. The molecule has 1 saturated carbocycles. The molecule has 1 aliphatic heterocycles. The molecule has 1 aromatic rings. The molecule has 1 aromatic heterocycles. The highest BCUT2D eigenvalue weighted by Crippen LogP contribution is 2.25. The molecule has 1 saturated heterocycles. The SMILES string of the molecule is O=C(CCS(=O)(=O)C1CCCC1)NC1CCCN(c2ncccn2)C1. The predicted octanol–water partition coefficient (Wildman–Crippen LogP) is 1.31. The summed E-state index contributed by atoms with van der Waals surface area (Å²) in [6.07, 6.45) is 8.77. The number of rotatable bonds is 6. The molecule has 7 nitrogen and oxygen atoms in total. The van der Waals surface area contributed by atoms with Crippen molar-refractivity contribution in [1.29, 1.82) is 0 Å². The number of aromatic nitrogens is 2. The summed E-state index contributed by atoms with van der Waals surface area (Å²) in [7, 11) is -3.14. The molecule has 0 bridgehead atoms. The quantitative estimate of drug-likeness (QED) is 0.816. The van der Waals surface area contributed by atoms with E-state index in [1.807, 2.05) is 0 Å². The number of amides is 1. The molecule has 1 unspecified atom stereocenters. The maximum Gasteiger partial charge on any atom is 0.225 e. The van der Waals surface area contributed by atoms with Crippen LogP contribution in [0.25, 0.3) is 0 Å². The first kappa shape index (κ1) is 18.1. The Morgan fingerprint density at radius 3 is 2.60 bits per heavy atom. The van der Waals surface area contributed by atoms with Crippen LogP contribution in [0.3, 0.4) is 0 Å². The number of hydrogen-bond acceptors (Lipinski definition) is 6. The Kier molecular flexibility index (Phi) is 5.88. The van der Waals surface area contributed by atoms with Crippen molar-refractivity contribution in [2.24, 2.45) is 0 Å². The third-order valence-corrected chi connectivity index (χ3v) is 7.31. The van der Waals surface area contributed by atoms with E-state index in [0.29, 0.717) is 12.5 Å². The van der Waals surface area contributed by atoms with E-state index in [9.17, 15) is 13.2 Å². The summed E-state index contributed by atoms with van der Waals surface area (Å²) in [6, 6.07) is 1.79. The van der Waals surface area contributed by atoms with E-state index >= 15 is 0 Å². The van der Waals surface area contributed by atoms with Gasteiger partial charge in [0.25, 0.3) is 0 Å². The van der Waals surface area contributed by atoms with Crippen molar-refractivity contribution in [1.82, 2.24) is 15.3 Å². The van der Waals surface area contributed by atoms with Crippen LogP contribution in [0.2, 0.25) is 0 Å². The van der Waals surface area contributed by atoms with E-state index in [4.69, 9.17) is 0 Å². The molecule has 2 aliphatic rings. The second-order valence-corrected chi connectivity index (χ2v) is 9.33. The highest BCUT2D eigenvalue weighted by molar-refractivity contribution is 7.92. The Balaban J connectivity index is 1.47. The van der Waals surface area contributed by atoms with Crippen LogP contribution < -0.4 is 10.2 Å². The summed E-state index contributed by atoms with van der Waals surface area (Å²) >= 11 is 0. The highest BCUT2D eigenvalue weighted by atomic mass is 32.2. The molecule has 1 atom stereocenters. The predicted molar refractivity (Wildman–Crippen MR) is 96.1 cm³/mol. The fourth-order valence-corrected chi connectivity index (χ4v) is 5.53. The molecule has 0 aromatic carbocycles. The maximum atomic E-state index is 12.3. The molecule has 138 valence electrons. The fraction of sp³-hybridized carbons (Fsp3) is 0.706. The van der Waals surface area contributed by atoms with Gasteiger partial charge in [-0.3, -0.25) is 4.79 Å². The standard InChI is InChI=1S/C17H26N4O3S/c22-16(8-12-25(23,24)15-6-1-2-7-15)20-14-5-3-11-21(13-14)17-18-9-4-10-19-17/h4,9-10,14-15H,1-3,5-8,11-13H2,(H,20,22). The summed E-state index contributed by atoms with van der Waals surface area (Å²) < 4.78 is 24.5. The lowest BCUT2D eigenvalue weighted by atomic mass is 10.1. The van der Waals surface area contributed by atoms with Gasteiger partial charge in [-0.2, -0.15) is 0 Å². The van der Waals surface area contributed by atoms with Crippen molar-refractivity contribution < 1.29 is 13.2 Å². The third-order valence-electron chi connectivity index (χ3n) is 5.05. The maximum absolute atomic E-state index is 12.3. The van der Waals surface area contributed by atoms with Gasteiger partial charge in [0.15, 0.2) is 9.84 Å². The van der Waals surface area contributed by atoms with Crippen LogP contribution in [0.5, 0.6) is 0 Å². The van der Waals surface area contributed by atoms with Crippen molar-refractivity contribution in [3.63, 3.8) is 0 Å². The Bertz CT molecular complexity index is 674. The van der Waals surface area contributed by atoms with Gasteiger partial charge in [0.2, 0.25) is 11.9 Å². The summed E-state index contributed by atoms with van der Waals surface area (Å²) in [5.74, 6) is 0.453. The fourth-order valence-electron chi connectivity index (χ4n) is 3.68. The van der Waals surface area contributed by atoms with Gasteiger partial charge in [-0.1, -0.05) is 12.8 Å². The normalized spacial score (nSPS) is 22.1. The molecule has 0 spiro atoms. The van der Waals surface area contributed by atoms with Crippen LogP contribution in [0, 0.1) is 0 Å². The van der Waals surface area contributed by atoms with Crippen LogP contribution in [0.15, 0.2) is 18.5 Å². The Labute approximate surface area is 149 Å². The molecular formula is C17H26N4O3S. The molecule has 3 rings (SSSR count). The van der Waals surface area contributed by atoms with Crippen molar-refractivity contribution in [3.05, 3.63) is 18.5 Å². The number of anilines is 1. The summed E-state index contributed by atoms with van der Waals surface area (Å²) in [5, 5.41) is 2.75. The van der Waals surface area contributed by atoms with Crippen molar-refractivity contribution in [3.8, 4) is 0 Å². The van der Waals surface area contributed by atoms with Gasteiger partial charge in [0.1, 0.15) is 0 Å². The minimum Gasteiger partial charge on any atom is -0.352 e. The molecular weight excluding hydrogens is 340 g/mol. The van der Waals surface area contributed by atoms with E-state index in [0.717, 1.165) is 45.1 Å². The first-order valence-corrected chi connectivity index (χ1v) is 10.8. The number of hydrogen-bond donors (Lipinski definition) is 1. The van der Waals surface area contributed by atoms with Crippen molar-refractivity contribution in [2.75, 3.05) is 23.7 Å². The van der Waals surface area contributed by atoms with Crippen LogP contribution in [-0.4, -0.2) is 54.4 Å². The first-order chi connectivity index (χ1) is 12.0. The van der Waals surface area contributed by atoms with Gasteiger partial charge in [0, 0.05) is 37.9 Å². The minimum atomic E-state index is -3.14. The van der Waals surface area contributed by atoms with Crippen LogP contribution >= 0.6 is 0 Å². The molecule has 1 amide bonds. The Morgan fingerprint density at radius 2 is 1.88 bits per heavy atom. The second-order valence-electron chi connectivity index (χ2n) is 6.92. The van der Waals surface area contributed by atoms with E-state index in [1.165, 1.54) is 0 Å². The lowest BCUT2D eigenvalue weighted by molar-refractivity contribution is -0.121. The van der Waals surface area contributed by atoms with Gasteiger partial charge in [-0.25, -0.2) is 18.4 Å². The number of carbonyl (C=O) groups excluding carboxylic acids is 1. The lowest BCUT2D eigenvalue weighted by Gasteiger charge is -2.33. The van der Waals surface area contributed by atoms with Gasteiger partial charge in [0.05, 0.1) is 11.0 Å². The number of sulfone groups is 1.